The third-order valence-corrected chi connectivity index (χ3v) is 4.01. The molecule has 23 heavy (non-hydrogen) atoms. The third kappa shape index (κ3) is 6.71. The molecular formula is C19H29NO3. The predicted molar refractivity (Wildman–Crippen MR) is 91.5 cm³/mol. The van der Waals surface area contributed by atoms with Gasteiger partial charge in [0.1, 0.15) is 12.7 Å². The number of rotatable bonds is 7. The van der Waals surface area contributed by atoms with E-state index in [1.54, 1.807) is 0 Å². The molecule has 1 unspecified atom stereocenters. The Kier molecular flexibility index (Phi) is 7.06. The maximum atomic E-state index is 11.9. The second kappa shape index (κ2) is 9.04. The van der Waals surface area contributed by atoms with Crippen molar-refractivity contribution < 1.29 is 14.3 Å². The van der Waals surface area contributed by atoms with Gasteiger partial charge in [0.25, 0.3) is 0 Å². The third-order valence-electron chi connectivity index (χ3n) is 4.01. The minimum atomic E-state index is -0.143. The first-order chi connectivity index (χ1) is 11.0. The van der Waals surface area contributed by atoms with E-state index in [2.05, 4.69) is 49.9 Å². The number of hydrogen-bond donors (Lipinski definition) is 0. The van der Waals surface area contributed by atoms with Crippen molar-refractivity contribution >= 4 is 5.97 Å². The largest absolute Gasteiger partial charge is 0.463 e. The van der Waals surface area contributed by atoms with Crippen LogP contribution in [0.5, 0.6) is 0 Å². The summed E-state index contributed by atoms with van der Waals surface area (Å²) in [6.45, 7) is 10.5. The van der Waals surface area contributed by atoms with Crippen LogP contribution in [-0.2, 0) is 20.7 Å². The van der Waals surface area contributed by atoms with E-state index < -0.39 is 0 Å². The van der Waals surface area contributed by atoms with Gasteiger partial charge in [0, 0.05) is 26.1 Å². The van der Waals surface area contributed by atoms with Gasteiger partial charge in [0.2, 0.25) is 0 Å². The fourth-order valence-electron chi connectivity index (χ4n) is 2.82. The minimum absolute atomic E-state index is 0.00539. The lowest BCUT2D eigenvalue weighted by Gasteiger charge is -2.33. The second-order valence-electron chi connectivity index (χ2n) is 6.81. The van der Waals surface area contributed by atoms with Gasteiger partial charge in [-0.2, -0.15) is 0 Å². The molecule has 1 saturated heterocycles. The van der Waals surface area contributed by atoms with Gasteiger partial charge in [0.05, 0.1) is 6.61 Å². The lowest BCUT2D eigenvalue weighted by molar-refractivity contribution is -0.150. The van der Waals surface area contributed by atoms with E-state index in [1.165, 1.54) is 11.1 Å². The maximum Gasteiger partial charge on any atom is 0.306 e. The number of aryl methyl sites for hydroxylation is 2. The zero-order chi connectivity index (χ0) is 16.7. The molecule has 1 heterocycles. The van der Waals surface area contributed by atoms with E-state index in [4.69, 9.17) is 9.47 Å². The fraction of sp³-hybridized carbons (Fsp3) is 0.632. The van der Waals surface area contributed by atoms with Gasteiger partial charge in [-0.1, -0.05) is 43.7 Å². The zero-order valence-electron chi connectivity index (χ0n) is 14.6. The standard InChI is InChI=1S/C19H29NO3/c1-15(2)12-20-10-11-22-18(13-20)14-23-19(21)9-8-17-6-4-16(3)5-7-17/h4-7,15,18H,8-14H2,1-3H3. The molecule has 0 spiro atoms. The van der Waals surface area contributed by atoms with Gasteiger partial charge in [-0.05, 0) is 24.8 Å². The van der Waals surface area contributed by atoms with Crippen LogP contribution in [0.25, 0.3) is 0 Å². The Bertz CT molecular complexity index is 484. The molecule has 0 bridgehead atoms. The molecule has 1 aliphatic heterocycles. The highest BCUT2D eigenvalue weighted by Crippen LogP contribution is 2.10. The van der Waals surface area contributed by atoms with Crippen LogP contribution in [-0.4, -0.2) is 49.8 Å². The lowest BCUT2D eigenvalue weighted by atomic mass is 10.1. The van der Waals surface area contributed by atoms with Crippen molar-refractivity contribution in [2.24, 2.45) is 5.92 Å². The summed E-state index contributed by atoms with van der Waals surface area (Å²) in [5.74, 6) is 0.501. The highest BCUT2D eigenvalue weighted by molar-refractivity contribution is 5.69. The van der Waals surface area contributed by atoms with E-state index >= 15 is 0 Å². The van der Waals surface area contributed by atoms with Crippen molar-refractivity contribution in [3.63, 3.8) is 0 Å². The molecule has 1 aliphatic rings. The van der Waals surface area contributed by atoms with Gasteiger partial charge in [0.15, 0.2) is 0 Å². The Morgan fingerprint density at radius 1 is 1.35 bits per heavy atom. The molecule has 1 fully saturated rings. The second-order valence-corrected chi connectivity index (χ2v) is 6.81. The number of carbonyl (C=O) groups excluding carboxylic acids is 1. The van der Waals surface area contributed by atoms with Crippen LogP contribution in [0.2, 0.25) is 0 Å². The Labute approximate surface area is 139 Å². The number of hydrogen-bond acceptors (Lipinski definition) is 4. The average Bonchev–Trinajstić information content (AvgIpc) is 2.52. The first kappa shape index (κ1) is 18.0. The van der Waals surface area contributed by atoms with Crippen LogP contribution in [0.15, 0.2) is 24.3 Å². The molecule has 1 aromatic carbocycles. The lowest BCUT2D eigenvalue weighted by Crippen LogP contribution is -2.45. The van der Waals surface area contributed by atoms with E-state index in [1.807, 2.05) is 0 Å². The van der Waals surface area contributed by atoms with Gasteiger partial charge in [-0.25, -0.2) is 0 Å². The summed E-state index contributed by atoms with van der Waals surface area (Å²) in [5.41, 5.74) is 2.40. The normalized spacial score (nSPS) is 19.0. The minimum Gasteiger partial charge on any atom is -0.463 e. The van der Waals surface area contributed by atoms with Crippen LogP contribution in [0, 0.1) is 12.8 Å². The maximum absolute atomic E-state index is 11.9. The molecule has 0 amide bonds. The Balaban J connectivity index is 1.66. The van der Waals surface area contributed by atoms with E-state index in [-0.39, 0.29) is 12.1 Å². The van der Waals surface area contributed by atoms with Crippen molar-refractivity contribution in [1.29, 1.82) is 0 Å². The molecule has 0 aromatic heterocycles. The Morgan fingerprint density at radius 3 is 2.78 bits per heavy atom. The first-order valence-corrected chi connectivity index (χ1v) is 8.58. The molecule has 0 radical (unpaired) electrons. The molecule has 1 aromatic rings. The Hall–Kier alpha value is -1.39. The molecule has 0 aliphatic carbocycles. The van der Waals surface area contributed by atoms with Gasteiger partial charge in [-0.15, -0.1) is 0 Å². The van der Waals surface area contributed by atoms with Crippen molar-refractivity contribution in [2.75, 3.05) is 32.8 Å². The summed E-state index contributed by atoms with van der Waals surface area (Å²) in [4.78, 5) is 14.3. The van der Waals surface area contributed by atoms with E-state index in [0.29, 0.717) is 18.9 Å². The number of esters is 1. The SMILES string of the molecule is Cc1ccc(CCC(=O)OCC2CN(CC(C)C)CCO2)cc1. The topological polar surface area (TPSA) is 38.8 Å². The van der Waals surface area contributed by atoms with Crippen LogP contribution < -0.4 is 0 Å². The molecule has 2 rings (SSSR count). The number of carbonyl (C=O) groups is 1. The summed E-state index contributed by atoms with van der Waals surface area (Å²) >= 11 is 0. The van der Waals surface area contributed by atoms with Crippen molar-refractivity contribution in [3.8, 4) is 0 Å². The number of morpholine rings is 1. The Morgan fingerprint density at radius 2 is 2.09 bits per heavy atom. The summed E-state index contributed by atoms with van der Waals surface area (Å²) in [6, 6.07) is 8.27. The molecule has 4 nitrogen and oxygen atoms in total. The number of ether oxygens (including phenoxy) is 2. The van der Waals surface area contributed by atoms with Crippen molar-refractivity contribution in [2.45, 2.75) is 39.7 Å². The molecule has 128 valence electrons. The smallest absolute Gasteiger partial charge is 0.306 e. The summed E-state index contributed by atoms with van der Waals surface area (Å²) in [5, 5.41) is 0. The zero-order valence-corrected chi connectivity index (χ0v) is 14.6. The summed E-state index contributed by atoms with van der Waals surface area (Å²) in [7, 11) is 0. The quantitative estimate of drug-likeness (QED) is 0.725. The monoisotopic (exact) mass is 319 g/mol. The van der Waals surface area contributed by atoms with E-state index in [9.17, 15) is 4.79 Å². The molecule has 1 atom stereocenters. The molecule has 4 heteroatoms. The van der Waals surface area contributed by atoms with Gasteiger partial charge in [-0.3, -0.25) is 9.69 Å². The van der Waals surface area contributed by atoms with Crippen LogP contribution in [0.1, 0.15) is 31.4 Å². The summed E-state index contributed by atoms with van der Waals surface area (Å²) in [6.07, 6.45) is 1.15. The van der Waals surface area contributed by atoms with Crippen molar-refractivity contribution in [3.05, 3.63) is 35.4 Å². The van der Waals surface area contributed by atoms with Crippen molar-refractivity contribution in [1.82, 2.24) is 4.90 Å². The molecular weight excluding hydrogens is 290 g/mol. The van der Waals surface area contributed by atoms with Gasteiger partial charge >= 0.3 is 5.97 Å². The van der Waals surface area contributed by atoms with Crippen LogP contribution in [0.4, 0.5) is 0 Å². The first-order valence-electron chi connectivity index (χ1n) is 8.58. The number of benzene rings is 1. The molecule has 0 saturated carbocycles. The predicted octanol–water partition coefficient (Wildman–Crippen LogP) is 2.83. The average molecular weight is 319 g/mol. The highest BCUT2D eigenvalue weighted by atomic mass is 16.6. The van der Waals surface area contributed by atoms with Crippen LogP contribution >= 0.6 is 0 Å². The van der Waals surface area contributed by atoms with E-state index in [0.717, 1.165) is 32.7 Å². The number of nitrogens with zero attached hydrogens (tertiary/aromatic N) is 1. The highest BCUT2D eigenvalue weighted by Gasteiger charge is 2.22. The van der Waals surface area contributed by atoms with Crippen LogP contribution in [0.3, 0.4) is 0 Å². The summed E-state index contributed by atoms with van der Waals surface area (Å²) < 4.78 is 11.1. The molecule has 0 N–H and O–H groups in total. The fourth-order valence-corrected chi connectivity index (χ4v) is 2.82. The van der Waals surface area contributed by atoms with Gasteiger partial charge < -0.3 is 9.47 Å².